The first-order valence-corrected chi connectivity index (χ1v) is 9.97. The summed E-state index contributed by atoms with van der Waals surface area (Å²) in [4.78, 5) is 27.6. The van der Waals surface area contributed by atoms with Crippen LogP contribution in [0.1, 0.15) is 27.7 Å². The van der Waals surface area contributed by atoms with Gasteiger partial charge in [0.25, 0.3) is 0 Å². The number of nitrogens with zero attached hydrogens (tertiary/aromatic N) is 3. The van der Waals surface area contributed by atoms with Crippen molar-refractivity contribution in [1.29, 1.82) is 0 Å². The minimum absolute atomic E-state index is 0.0210. The van der Waals surface area contributed by atoms with E-state index in [1.807, 2.05) is 4.90 Å². The van der Waals surface area contributed by atoms with Crippen LogP contribution in [-0.4, -0.2) is 50.3 Å². The number of thioether (sulfide) groups is 1. The summed E-state index contributed by atoms with van der Waals surface area (Å²) < 4.78 is -0.301. The van der Waals surface area contributed by atoms with Crippen LogP contribution in [0.2, 0.25) is 10.0 Å². The highest BCUT2D eigenvalue weighted by Crippen LogP contribution is 2.51. The van der Waals surface area contributed by atoms with E-state index in [9.17, 15) is 9.59 Å². The Bertz CT molecular complexity index is 758. The van der Waals surface area contributed by atoms with Gasteiger partial charge < -0.3 is 5.32 Å². The molecule has 6 nitrogen and oxygen atoms in total. The number of hydrogen-bond acceptors (Lipinski definition) is 3. The van der Waals surface area contributed by atoms with Gasteiger partial charge in [-0.05, 0) is 38.0 Å². The molecule has 0 aliphatic carbocycles. The van der Waals surface area contributed by atoms with Crippen molar-refractivity contribution in [3.8, 4) is 0 Å². The van der Waals surface area contributed by atoms with Crippen LogP contribution in [0.3, 0.4) is 0 Å². The van der Waals surface area contributed by atoms with Crippen molar-refractivity contribution in [3.05, 3.63) is 28.2 Å². The Morgan fingerprint density at radius 3 is 2.50 bits per heavy atom. The van der Waals surface area contributed by atoms with Gasteiger partial charge in [0.1, 0.15) is 6.17 Å². The molecule has 2 aliphatic rings. The molecule has 0 aromatic heterocycles. The first kappa shape index (κ1) is 19.5. The van der Waals surface area contributed by atoms with Crippen LogP contribution in [0.4, 0.5) is 15.3 Å². The Labute approximate surface area is 167 Å². The summed E-state index contributed by atoms with van der Waals surface area (Å²) >= 11 is 13.7. The Hall–Kier alpha value is -1.31. The lowest BCUT2D eigenvalue weighted by Gasteiger charge is -2.34. The summed E-state index contributed by atoms with van der Waals surface area (Å²) in [6, 6.07) is 4.33. The van der Waals surface area contributed by atoms with E-state index in [4.69, 9.17) is 23.2 Å². The largest absolute Gasteiger partial charge is 0.342 e. The Kier molecular flexibility index (Phi) is 5.01. The van der Waals surface area contributed by atoms with Crippen LogP contribution in [-0.2, 0) is 0 Å². The second-order valence-electron chi connectivity index (χ2n) is 7.35. The Morgan fingerprint density at radius 2 is 1.92 bits per heavy atom. The predicted octanol–water partition coefficient (Wildman–Crippen LogP) is 4.94. The molecule has 1 aromatic carbocycles. The standard InChI is InChI=1S/C17H22Cl2N4O2S/c1-9(2)13-22-14(17(3,4)26-13)23(21(5)16(22)25)15(24)20-10-6-7-11(18)12(19)8-10/h6-9,13-14H,1-5H3,(H,20,24). The molecule has 0 saturated carbocycles. The van der Waals surface area contributed by atoms with E-state index in [0.29, 0.717) is 15.7 Å². The van der Waals surface area contributed by atoms with E-state index >= 15 is 0 Å². The lowest BCUT2D eigenvalue weighted by molar-refractivity contribution is 0.0569. The van der Waals surface area contributed by atoms with E-state index in [2.05, 4.69) is 33.0 Å². The van der Waals surface area contributed by atoms with Crippen molar-refractivity contribution in [3.63, 3.8) is 0 Å². The van der Waals surface area contributed by atoms with E-state index in [1.54, 1.807) is 37.0 Å². The van der Waals surface area contributed by atoms with Gasteiger partial charge in [0.2, 0.25) is 0 Å². The number of benzene rings is 1. The third-order valence-corrected chi connectivity index (χ3v) is 7.16. The number of amides is 4. The second kappa shape index (κ2) is 6.69. The maximum atomic E-state index is 13.0. The van der Waals surface area contributed by atoms with Crippen molar-refractivity contribution >= 4 is 52.7 Å². The van der Waals surface area contributed by atoms with E-state index in [1.165, 1.54) is 10.0 Å². The zero-order chi connectivity index (χ0) is 19.4. The molecule has 26 heavy (non-hydrogen) atoms. The van der Waals surface area contributed by atoms with Gasteiger partial charge in [0.05, 0.1) is 20.2 Å². The number of fused-ring (bicyclic) bond motifs is 1. The number of nitrogens with one attached hydrogen (secondary N) is 1. The Balaban J connectivity index is 1.90. The molecule has 2 saturated heterocycles. The molecule has 4 amide bonds. The molecule has 1 aromatic rings. The lowest BCUT2D eigenvalue weighted by atomic mass is 10.1. The van der Waals surface area contributed by atoms with E-state index in [0.717, 1.165) is 0 Å². The Morgan fingerprint density at radius 1 is 1.27 bits per heavy atom. The zero-order valence-electron chi connectivity index (χ0n) is 15.3. The summed E-state index contributed by atoms with van der Waals surface area (Å²) in [6.07, 6.45) is -0.361. The van der Waals surface area contributed by atoms with Crippen molar-refractivity contribution < 1.29 is 9.59 Å². The van der Waals surface area contributed by atoms with E-state index < -0.39 is 0 Å². The van der Waals surface area contributed by atoms with Crippen LogP contribution in [0.5, 0.6) is 0 Å². The number of carbonyl (C=O) groups is 2. The maximum Gasteiger partial charge on any atom is 0.342 e. The average molecular weight is 417 g/mol. The fourth-order valence-corrected chi connectivity index (χ4v) is 5.26. The van der Waals surface area contributed by atoms with Gasteiger partial charge in [-0.1, -0.05) is 37.0 Å². The van der Waals surface area contributed by atoms with Crippen molar-refractivity contribution in [2.45, 2.75) is 44.0 Å². The fourth-order valence-electron chi connectivity index (χ4n) is 3.41. The summed E-state index contributed by atoms with van der Waals surface area (Å²) in [5.74, 6) is 0.278. The van der Waals surface area contributed by atoms with Gasteiger partial charge in [-0.15, -0.1) is 11.8 Å². The summed E-state index contributed by atoms with van der Waals surface area (Å²) in [7, 11) is 1.62. The van der Waals surface area contributed by atoms with Crippen LogP contribution in [0.15, 0.2) is 18.2 Å². The molecule has 0 radical (unpaired) electrons. The van der Waals surface area contributed by atoms with Gasteiger partial charge in [-0.25, -0.2) is 19.6 Å². The number of urea groups is 2. The second-order valence-corrected chi connectivity index (χ2v) is 9.93. The summed E-state index contributed by atoms with van der Waals surface area (Å²) in [6.45, 7) is 8.29. The smallest absolute Gasteiger partial charge is 0.306 e. The van der Waals surface area contributed by atoms with Gasteiger partial charge in [0.15, 0.2) is 0 Å². The van der Waals surface area contributed by atoms with Crippen molar-refractivity contribution in [2.75, 3.05) is 12.4 Å². The van der Waals surface area contributed by atoms with Crippen LogP contribution >= 0.6 is 35.0 Å². The van der Waals surface area contributed by atoms with Gasteiger partial charge in [-0.3, -0.25) is 4.90 Å². The molecule has 2 aliphatic heterocycles. The number of hydrogen-bond donors (Lipinski definition) is 1. The summed E-state index contributed by atoms with van der Waals surface area (Å²) in [5, 5.41) is 6.47. The number of rotatable bonds is 2. The normalized spacial score (nSPS) is 24.5. The number of hydrazine groups is 1. The van der Waals surface area contributed by atoms with Gasteiger partial charge >= 0.3 is 12.1 Å². The monoisotopic (exact) mass is 416 g/mol. The molecule has 2 unspecified atom stereocenters. The molecule has 0 bridgehead atoms. The highest BCUT2D eigenvalue weighted by Gasteiger charge is 2.60. The average Bonchev–Trinajstić information content (AvgIpc) is 2.97. The predicted molar refractivity (Wildman–Crippen MR) is 106 cm³/mol. The van der Waals surface area contributed by atoms with Crippen LogP contribution in [0.25, 0.3) is 0 Å². The molecule has 2 fully saturated rings. The quantitative estimate of drug-likeness (QED) is 0.742. The van der Waals surface area contributed by atoms with Crippen LogP contribution in [0, 0.1) is 5.92 Å². The number of anilines is 1. The molecular weight excluding hydrogens is 395 g/mol. The zero-order valence-corrected chi connectivity index (χ0v) is 17.6. The molecule has 142 valence electrons. The SMILES string of the molecule is CC(C)C1SC(C)(C)C2N1C(=O)N(C)N2C(=O)Nc1ccc(Cl)c(Cl)c1. The highest BCUT2D eigenvalue weighted by atomic mass is 35.5. The van der Waals surface area contributed by atoms with Crippen molar-refractivity contribution in [1.82, 2.24) is 14.9 Å². The minimum Gasteiger partial charge on any atom is -0.306 e. The highest BCUT2D eigenvalue weighted by molar-refractivity contribution is 8.01. The molecule has 2 atom stereocenters. The molecule has 9 heteroatoms. The third-order valence-electron chi connectivity index (χ3n) is 4.59. The molecular formula is C17H22Cl2N4O2S. The first-order chi connectivity index (χ1) is 12.0. The third kappa shape index (κ3) is 3.10. The molecule has 0 spiro atoms. The number of carbonyl (C=O) groups excluding carboxylic acids is 2. The molecule has 3 rings (SSSR count). The van der Waals surface area contributed by atoms with Crippen molar-refractivity contribution in [2.24, 2.45) is 5.92 Å². The van der Waals surface area contributed by atoms with Gasteiger partial charge in [0, 0.05) is 12.7 Å². The number of halogens is 2. The minimum atomic E-state index is -0.384. The first-order valence-electron chi connectivity index (χ1n) is 8.33. The fraction of sp³-hybridized carbons (Fsp3) is 0.529. The molecule has 1 N–H and O–H groups in total. The lowest BCUT2D eigenvalue weighted by Crippen LogP contribution is -2.53. The van der Waals surface area contributed by atoms with Gasteiger partial charge in [-0.2, -0.15) is 0 Å². The summed E-state index contributed by atoms with van der Waals surface area (Å²) in [5.41, 5.74) is 0.521. The van der Waals surface area contributed by atoms with E-state index in [-0.39, 0.29) is 34.3 Å². The molecule has 2 heterocycles. The van der Waals surface area contributed by atoms with Crippen LogP contribution < -0.4 is 5.32 Å². The topological polar surface area (TPSA) is 55.9 Å². The maximum absolute atomic E-state index is 13.0.